The Balaban J connectivity index is 2.80. The summed E-state index contributed by atoms with van der Waals surface area (Å²) in [5.41, 5.74) is 0.493. The highest BCUT2D eigenvalue weighted by Crippen LogP contribution is 2.19. The fourth-order valence-corrected chi connectivity index (χ4v) is 3.77. The maximum Gasteiger partial charge on any atom is 0.240 e. The highest BCUT2D eigenvalue weighted by atomic mass is 32.2. The Hall–Kier alpha value is -1.00. The quantitative estimate of drug-likeness (QED) is 0.604. The molecule has 22 heavy (non-hydrogen) atoms. The first-order valence-corrected chi connectivity index (χ1v) is 10.1. The second-order valence-electron chi connectivity index (χ2n) is 4.84. The number of nitrogens with one attached hydrogen (secondary N) is 2. The van der Waals surface area contributed by atoms with Crippen LogP contribution in [-0.4, -0.2) is 56.4 Å². The van der Waals surface area contributed by atoms with Crippen LogP contribution in [0.2, 0.25) is 0 Å². The van der Waals surface area contributed by atoms with E-state index in [0.717, 1.165) is 6.26 Å². The highest BCUT2D eigenvalue weighted by Gasteiger charge is 2.19. The molecule has 7 nitrogen and oxygen atoms in total. The second kappa shape index (κ2) is 8.02. The molecule has 0 amide bonds. The minimum absolute atomic E-state index is 0.0169. The first-order chi connectivity index (χ1) is 10.2. The van der Waals surface area contributed by atoms with Crippen molar-refractivity contribution in [2.45, 2.75) is 16.7 Å². The zero-order valence-electron chi connectivity index (χ0n) is 12.9. The summed E-state index contributed by atoms with van der Waals surface area (Å²) >= 11 is 0. The Bertz CT molecular complexity index is 699. The largest absolute Gasteiger partial charge is 0.383 e. The number of aryl methyl sites for hydroxylation is 1. The second-order valence-corrected chi connectivity index (χ2v) is 8.59. The maximum atomic E-state index is 12.3. The van der Waals surface area contributed by atoms with E-state index in [9.17, 15) is 16.8 Å². The van der Waals surface area contributed by atoms with Gasteiger partial charge < -0.3 is 10.1 Å². The van der Waals surface area contributed by atoms with Crippen molar-refractivity contribution >= 4 is 19.9 Å². The lowest BCUT2D eigenvalue weighted by Gasteiger charge is -2.11. The minimum atomic E-state index is -3.75. The van der Waals surface area contributed by atoms with Gasteiger partial charge in [0.25, 0.3) is 0 Å². The molecule has 1 aromatic carbocycles. The van der Waals surface area contributed by atoms with Gasteiger partial charge in [-0.2, -0.15) is 0 Å². The van der Waals surface area contributed by atoms with Crippen LogP contribution < -0.4 is 10.0 Å². The van der Waals surface area contributed by atoms with Crippen LogP contribution >= 0.6 is 0 Å². The summed E-state index contributed by atoms with van der Waals surface area (Å²) in [5.74, 6) is 0. The van der Waals surface area contributed by atoms with E-state index in [4.69, 9.17) is 4.74 Å². The Morgan fingerprint density at radius 3 is 2.36 bits per heavy atom. The standard InChI is InChI=1S/C13H22N2O5S2/c1-11-4-5-12(21(3,16)17)10-13(11)22(18,19)15-7-6-14-8-9-20-2/h4-5,10,14-15H,6-9H2,1-3H3. The molecule has 0 heterocycles. The number of hydrogen-bond donors (Lipinski definition) is 2. The van der Waals surface area contributed by atoms with Crippen LogP contribution in [0.15, 0.2) is 28.0 Å². The normalized spacial score (nSPS) is 12.5. The fourth-order valence-electron chi connectivity index (χ4n) is 1.75. The zero-order valence-corrected chi connectivity index (χ0v) is 14.6. The van der Waals surface area contributed by atoms with Gasteiger partial charge in [0.15, 0.2) is 9.84 Å². The van der Waals surface area contributed by atoms with E-state index in [1.165, 1.54) is 18.2 Å². The topological polar surface area (TPSA) is 102 Å². The van der Waals surface area contributed by atoms with Crippen molar-refractivity contribution in [1.82, 2.24) is 10.0 Å². The summed E-state index contributed by atoms with van der Waals surface area (Å²) in [7, 11) is -5.62. The summed E-state index contributed by atoms with van der Waals surface area (Å²) in [4.78, 5) is -0.0380. The van der Waals surface area contributed by atoms with E-state index < -0.39 is 19.9 Å². The van der Waals surface area contributed by atoms with Gasteiger partial charge in [0, 0.05) is 33.0 Å². The van der Waals surface area contributed by atoms with Crippen molar-refractivity contribution in [1.29, 1.82) is 0 Å². The summed E-state index contributed by atoms with van der Waals surface area (Å²) < 4.78 is 54.9. The summed E-state index contributed by atoms with van der Waals surface area (Å²) in [6.07, 6.45) is 1.04. The van der Waals surface area contributed by atoms with Crippen LogP contribution in [0.1, 0.15) is 5.56 Å². The number of rotatable bonds is 9. The van der Waals surface area contributed by atoms with E-state index in [-0.39, 0.29) is 16.3 Å². The summed E-state index contributed by atoms with van der Waals surface area (Å²) in [6, 6.07) is 4.07. The molecule has 0 radical (unpaired) electrons. The zero-order chi connectivity index (χ0) is 16.8. The molecule has 1 aromatic rings. The van der Waals surface area contributed by atoms with Gasteiger partial charge >= 0.3 is 0 Å². The van der Waals surface area contributed by atoms with E-state index in [2.05, 4.69) is 10.0 Å². The van der Waals surface area contributed by atoms with Crippen molar-refractivity contribution in [2.75, 3.05) is 39.6 Å². The van der Waals surface area contributed by atoms with Gasteiger partial charge in [0.05, 0.1) is 16.4 Å². The van der Waals surface area contributed by atoms with Gasteiger partial charge in [0.1, 0.15) is 0 Å². The summed E-state index contributed by atoms with van der Waals surface area (Å²) in [6.45, 7) is 3.45. The molecule has 0 aromatic heterocycles. The van der Waals surface area contributed by atoms with E-state index in [1.807, 2.05) is 0 Å². The molecule has 0 saturated heterocycles. The molecule has 0 spiro atoms. The molecule has 0 aliphatic carbocycles. The predicted molar refractivity (Wildman–Crippen MR) is 84.2 cm³/mol. The monoisotopic (exact) mass is 350 g/mol. The van der Waals surface area contributed by atoms with Crippen molar-refractivity contribution in [3.8, 4) is 0 Å². The van der Waals surface area contributed by atoms with Crippen LogP contribution in [0.5, 0.6) is 0 Å². The third-order valence-corrected chi connectivity index (χ3v) is 5.67. The van der Waals surface area contributed by atoms with Crippen LogP contribution in [0, 0.1) is 6.92 Å². The number of benzene rings is 1. The van der Waals surface area contributed by atoms with Gasteiger partial charge in [0.2, 0.25) is 10.0 Å². The van der Waals surface area contributed by atoms with Crippen LogP contribution in [0.3, 0.4) is 0 Å². The molecule has 1 rings (SSSR count). The first-order valence-electron chi connectivity index (χ1n) is 6.68. The molecule has 0 atom stereocenters. The van der Waals surface area contributed by atoms with Crippen molar-refractivity contribution in [3.05, 3.63) is 23.8 Å². The predicted octanol–water partition coefficient (Wildman–Crippen LogP) is -0.0872. The van der Waals surface area contributed by atoms with Gasteiger partial charge in [-0.05, 0) is 24.6 Å². The molecule has 0 fully saturated rings. The fraction of sp³-hybridized carbons (Fsp3) is 0.538. The lowest BCUT2D eigenvalue weighted by atomic mass is 10.2. The Labute approximate surface area is 132 Å². The molecular weight excluding hydrogens is 328 g/mol. The Kier molecular flexibility index (Phi) is 6.95. The molecule has 0 saturated carbocycles. The van der Waals surface area contributed by atoms with E-state index in [1.54, 1.807) is 14.0 Å². The SMILES string of the molecule is COCCNCCNS(=O)(=O)c1cc(S(C)(=O)=O)ccc1C. The van der Waals surface area contributed by atoms with Gasteiger partial charge in [-0.1, -0.05) is 6.07 Å². The van der Waals surface area contributed by atoms with Crippen LogP contribution in [0.4, 0.5) is 0 Å². The van der Waals surface area contributed by atoms with E-state index in [0.29, 0.717) is 25.3 Å². The van der Waals surface area contributed by atoms with Crippen LogP contribution in [-0.2, 0) is 24.6 Å². The Morgan fingerprint density at radius 2 is 1.77 bits per heavy atom. The van der Waals surface area contributed by atoms with Gasteiger partial charge in [-0.25, -0.2) is 21.6 Å². The lowest BCUT2D eigenvalue weighted by Crippen LogP contribution is -2.33. The molecule has 0 bridgehead atoms. The maximum absolute atomic E-state index is 12.3. The summed E-state index contributed by atoms with van der Waals surface area (Å²) in [5, 5.41) is 3.01. The van der Waals surface area contributed by atoms with Crippen LogP contribution in [0.25, 0.3) is 0 Å². The lowest BCUT2D eigenvalue weighted by molar-refractivity contribution is 0.199. The molecule has 9 heteroatoms. The Morgan fingerprint density at radius 1 is 1.09 bits per heavy atom. The first kappa shape index (κ1) is 19.0. The molecule has 0 aliphatic heterocycles. The average Bonchev–Trinajstić information content (AvgIpc) is 2.41. The third-order valence-electron chi connectivity index (χ3n) is 2.95. The van der Waals surface area contributed by atoms with Crippen molar-refractivity contribution < 1.29 is 21.6 Å². The molecule has 0 aliphatic rings. The number of sulfonamides is 1. The molecule has 2 N–H and O–H groups in total. The smallest absolute Gasteiger partial charge is 0.240 e. The number of hydrogen-bond acceptors (Lipinski definition) is 6. The minimum Gasteiger partial charge on any atom is -0.383 e. The molecular formula is C13H22N2O5S2. The van der Waals surface area contributed by atoms with Crippen molar-refractivity contribution in [3.63, 3.8) is 0 Å². The number of sulfone groups is 1. The number of methoxy groups -OCH3 is 1. The van der Waals surface area contributed by atoms with E-state index >= 15 is 0 Å². The van der Waals surface area contributed by atoms with Crippen molar-refractivity contribution in [2.24, 2.45) is 0 Å². The van der Waals surface area contributed by atoms with Gasteiger partial charge in [-0.3, -0.25) is 0 Å². The highest BCUT2D eigenvalue weighted by molar-refractivity contribution is 7.91. The molecule has 126 valence electrons. The third kappa shape index (κ3) is 5.65. The number of ether oxygens (including phenoxy) is 1. The molecule has 0 unspecified atom stereocenters. The van der Waals surface area contributed by atoms with Gasteiger partial charge in [-0.15, -0.1) is 0 Å². The average molecular weight is 350 g/mol.